The Kier molecular flexibility index (Phi) is 4.23. The molecule has 0 radical (unpaired) electrons. The third-order valence-corrected chi connectivity index (χ3v) is 3.06. The maximum Gasteiger partial charge on any atom is 0.227 e. The first-order valence-corrected chi connectivity index (χ1v) is 5.82. The molecule has 1 aromatic heterocycles. The number of hydrogen-bond acceptors (Lipinski definition) is 4. The van der Waals surface area contributed by atoms with Gasteiger partial charge in [-0.05, 0) is 12.8 Å². The minimum atomic E-state index is -0.116. The van der Waals surface area contributed by atoms with Crippen LogP contribution in [0.2, 0.25) is 0 Å². The molecule has 15 heavy (non-hydrogen) atoms. The van der Waals surface area contributed by atoms with Gasteiger partial charge in [-0.3, -0.25) is 4.79 Å². The zero-order chi connectivity index (χ0) is 11.4. The number of thiazole rings is 1. The van der Waals surface area contributed by atoms with Gasteiger partial charge in [0.2, 0.25) is 5.91 Å². The lowest BCUT2D eigenvalue weighted by Crippen LogP contribution is -2.23. The highest BCUT2D eigenvalue weighted by atomic mass is 32.1. The Labute approximate surface area is 93.9 Å². The molecule has 0 bridgehead atoms. The van der Waals surface area contributed by atoms with Gasteiger partial charge in [-0.25, -0.2) is 4.98 Å². The second kappa shape index (κ2) is 5.23. The normalized spacial score (nSPS) is 12.9. The maximum absolute atomic E-state index is 11.4. The molecule has 0 saturated carbocycles. The highest BCUT2D eigenvalue weighted by molar-refractivity contribution is 7.15. The van der Waals surface area contributed by atoms with E-state index < -0.39 is 0 Å². The van der Waals surface area contributed by atoms with Crippen LogP contribution in [0.15, 0.2) is 6.20 Å². The van der Waals surface area contributed by atoms with Crippen LogP contribution in [0.25, 0.3) is 0 Å². The molecule has 1 atom stereocenters. The van der Waals surface area contributed by atoms with Gasteiger partial charge in [0, 0.05) is 23.5 Å². The van der Waals surface area contributed by atoms with E-state index in [1.54, 1.807) is 13.1 Å². The van der Waals surface area contributed by atoms with Crippen LogP contribution in [0.4, 0.5) is 5.13 Å². The summed E-state index contributed by atoms with van der Waals surface area (Å²) in [6.07, 6.45) is 2.13. The Hall–Kier alpha value is -0.940. The molecule has 4 nitrogen and oxygen atoms in total. The van der Waals surface area contributed by atoms with E-state index in [2.05, 4.69) is 24.1 Å². The minimum absolute atomic E-state index is 0.0744. The summed E-state index contributed by atoms with van der Waals surface area (Å²) in [5.41, 5.74) is 5.52. The molecule has 0 aromatic carbocycles. The predicted octanol–water partition coefficient (Wildman–Crippen LogP) is 1.94. The summed E-state index contributed by atoms with van der Waals surface area (Å²) in [5.74, 6) is 0.372. The van der Waals surface area contributed by atoms with E-state index in [0.717, 1.165) is 0 Å². The molecule has 1 heterocycles. The molecule has 1 rings (SSSR count). The number of carbonyl (C=O) groups is 1. The summed E-state index contributed by atoms with van der Waals surface area (Å²) in [4.78, 5) is 16.7. The van der Waals surface area contributed by atoms with Crippen molar-refractivity contribution in [3.05, 3.63) is 11.1 Å². The molecular weight excluding hydrogens is 210 g/mol. The molecule has 0 fully saturated rings. The highest BCUT2D eigenvalue weighted by Crippen LogP contribution is 2.25. The lowest BCUT2D eigenvalue weighted by molar-refractivity contribution is -0.116. The predicted molar refractivity (Wildman–Crippen MR) is 63.1 cm³/mol. The minimum Gasteiger partial charge on any atom is -0.327 e. The Morgan fingerprint density at radius 1 is 1.60 bits per heavy atom. The van der Waals surface area contributed by atoms with Crippen molar-refractivity contribution in [2.75, 3.05) is 5.32 Å². The lowest BCUT2D eigenvalue weighted by Gasteiger charge is -2.03. The fraction of sp³-hybridized carbons (Fsp3) is 0.600. The van der Waals surface area contributed by atoms with E-state index in [1.165, 1.54) is 16.2 Å². The number of nitrogens with zero attached hydrogens (tertiary/aromatic N) is 1. The van der Waals surface area contributed by atoms with Crippen LogP contribution >= 0.6 is 11.3 Å². The highest BCUT2D eigenvalue weighted by Gasteiger charge is 2.09. The zero-order valence-corrected chi connectivity index (χ0v) is 10.1. The number of carbonyl (C=O) groups excluding carboxylic acids is 1. The van der Waals surface area contributed by atoms with Crippen LogP contribution in [0.5, 0.6) is 0 Å². The average Bonchev–Trinajstić information content (AvgIpc) is 2.50. The molecule has 84 valence electrons. The second-order valence-corrected chi connectivity index (χ2v) is 5.01. The van der Waals surface area contributed by atoms with Gasteiger partial charge in [0.25, 0.3) is 0 Å². The monoisotopic (exact) mass is 227 g/mol. The third-order valence-electron chi connectivity index (χ3n) is 1.85. The van der Waals surface area contributed by atoms with E-state index >= 15 is 0 Å². The summed E-state index contributed by atoms with van der Waals surface area (Å²) in [7, 11) is 0. The smallest absolute Gasteiger partial charge is 0.227 e. The number of aromatic nitrogens is 1. The van der Waals surface area contributed by atoms with E-state index in [9.17, 15) is 4.79 Å². The van der Waals surface area contributed by atoms with Crippen LogP contribution in [0, 0.1) is 0 Å². The standard InChI is InChI=1S/C10H17N3OS/c1-6(2)8-5-12-10(15-8)13-9(14)4-7(3)11/h5-7H,4,11H2,1-3H3,(H,12,13,14). The van der Waals surface area contributed by atoms with E-state index in [4.69, 9.17) is 5.73 Å². The van der Waals surface area contributed by atoms with Crippen molar-refractivity contribution in [3.8, 4) is 0 Å². The Balaban J connectivity index is 2.53. The van der Waals surface area contributed by atoms with Crippen LogP contribution in [-0.2, 0) is 4.79 Å². The molecule has 0 aliphatic heterocycles. The fourth-order valence-electron chi connectivity index (χ4n) is 1.07. The number of nitrogens with one attached hydrogen (secondary N) is 1. The Morgan fingerprint density at radius 2 is 2.27 bits per heavy atom. The van der Waals surface area contributed by atoms with Crippen molar-refractivity contribution < 1.29 is 4.79 Å². The molecule has 0 saturated heterocycles. The number of anilines is 1. The summed E-state index contributed by atoms with van der Waals surface area (Å²) < 4.78 is 0. The van der Waals surface area contributed by atoms with Gasteiger partial charge in [-0.2, -0.15) is 0 Å². The number of amides is 1. The van der Waals surface area contributed by atoms with Gasteiger partial charge in [-0.1, -0.05) is 13.8 Å². The van der Waals surface area contributed by atoms with Crippen molar-refractivity contribution >= 4 is 22.4 Å². The quantitative estimate of drug-likeness (QED) is 0.826. The SMILES string of the molecule is CC(N)CC(=O)Nc1ncc(C(C)C)s1. The van der Waals surface area contributed by atoms with E-state index in [-0.39, 0.29) is 11.9 Å². The molecule has 3 N–H and O–H groups in total. The van der Waals surface area contributed by atoms with Gasteiger partial charge >= 0.3 is 0 Å². The third kappa shape index (κ3) is 3.97. The van der Waals surface area contributed by atoms with Gasteiger partial charge in [-0.15, -0.1) is 11.3 Å². The Bertz CT molecular complexity index is 333. The summed E-state index contributed by atoms with van der Waals surface area (Å²) in [6.45, 7) is 6.00. The topological polar surface area (TPSA) is 68.0 Å². The van der Waals surface area contributed by atoms with Gasteiger partial charge in [0.15, 0.2) is 5.13 Å². The number of nitrogens with two attached hydrogens (primary N) is 1. The second-order valence-electron chi connectivity index (χ2n) is 3.95. The van der Waals surface area contributed by atoms with Gasteiger partial charge < -0.3 is 11.1 Å². The molecule has 1 aromatic rings. The van der Waals surface area contributed by atoms with Crippen LogP contribution < -0.4 is 11.1 Å². The van der Waals surface area contributed by atoms with Crippen LogP contribution in [0.3, 0.4) is 0 Å². The number of hydrogen-bond donors (Lipinski definition) is 2. The first-order chi connectivity index (χ1) is 6.99. The largest absolute Gasteiger partial charge is 0.327 e. The average molecular weight is 227 g/mol. The van der Waals surface area contributed by atoms with Gasteiger partial charge in [0.05, 0.1) is 0 Å². The molecule has 5 heteroatoms. The molecule has 1 unspecified atom stereocenters. The first kappa shape index (κ1) is 12.1. The van der Waals surface area contributed by atoms with Crippen molar-refractivity contribution in [1.29, 1.82) is 0 Å². The van der Waals surface area contributed by atoms with Crippen molar-refractivity contribution in [2.45, 2.75) is 39.2 Å². The van der Waals surface area contributed by atoms with Gasteiger partial charge in [0.1, 0.15) is 0 Å². The molecule has 1 amide bonds. The summed E-state index contributed by atoms with van der Waals surface area (Å²) in [6, 6.07) is -0.116. The van der Waals surface area contributed by atoms with Crippen molar-refractivity contribution in [2.24, 2.45) is 5.73 Å². The Morgan fingerprint density at radius 3 is 2.73 bits per heavy atom. The van der Waals surface area contributed by atoms with E-state index in [0.29, 0.717) is 17.5 Å². The fourth-order valence-corrected chi connectivity index (χ4v) is 1.91. The lowest BCUT2D eigenvalue weighted by atomic mass is 10.2. The van der Waals surface area contributed by atoms with Crippen LogP contribution in [-0.4, -0.2) is 16.9 Å². The number of rotatable bonds is 4. The molecular formula is C10H17N3OS. The van der Waals surface area contributed by atoms with Crippen LogP contribution in [0.1, 0.15) is 38.0 Å². The molecule has 0 aliphatic rings. The summed E-state index contributed by atoms with van der Waals surface area (Å²) in [5, 5.41) is 3.39. The molecule has 0 aliphatic carbocycles. The zero-order valence-electron chi connectivity index (χ0n) is 9.28. The van der Waals surface area contributed by atoms with Crippen molar-refractivity contribution in [1.82, 2.24) is 4.98 Å². The maximum atomic E-state index is 11.4. The molecule has 0 spiro atoms. The first-order valence-electron chi connectivity index (χ1n) is 5.00. The summed E-state index contributed by atoms with van der Waals surface area (Å²) >= 11 is 1.51. The van der Waals surface area contributed by atoms with E-state index in [1.807, 2.05) is 0 Å². The van der Waals surface area contributed by atoms with Crippen molar-refractivity contribution in [3.63, 3.8) is 0 Å².